The number of rotatable bonds is 66. The zero-order valence-electron chi connectivity index (χ0n) is 52.5. The van der Waals surface area contributed by atoms with Gasteiger partial charge in [0, 0.05) is 19.3 Å². The maximum atomic E-state index is 12.9. The Balaban J connectivity index is 4.25. The molecular weight excluding hydrogens is 949 g/mol. The van der Waals surface area contributed by atoms with Gasteiger partial charge in [0.2, 0.25) is 0 Å². The molecule has 0 aliphatic rings. The van der Waals surface area contributed by atoms with Crippen LogP contribution in [0.15, 0.2) is 12.2 Å². The molecule has 0 aromatic carbocycles. The van der Waals surface area contributed by atoms with Crippen LogP contribution in [0.3, 0.4) is 0 Å². The van der Waals surface area contributed by atoms with Gasteiger partial charge in [0.25, 0.3) is 0 Å². The lowest BCUT2D eigenvalue weighted by molar-refractivity contribution is -0.167. The highest BCUT2D eigenvalue weighted by atomic mass is 16.6. The third-order valence-corrected chi connectivity index (χ3v) is 16.3. The monoisotopic (exact) mass is 1090 g/mol. The van der Waals surface area contributed by atoms with Crippen LogP contribution in [0.2, 0.25) is 0 Å². The van der Waals surface area contributed by atoms with Crippen LogP contribution >= 0.6 is 0 Å². The molecule has 456 valence electrons. The second-order valence-corrected chi connectivity index (χ2v) is 24.2. The first-order chi connectivity index (χ1) is 38.0. The Morgan fingerprint density at radius 1 is 0.247 bits per heavy atom. The number of allylic oxidation sites excluding steroid dienone is 2. The van der Waals surface area contributed by atoms with E-state index in [9.17, 15) is 14.4 Å². The maximum Gasteiger partial charge on any atom is 0.306 e. The van der Waals surface area contributed by atoms with E-state index >= 15 is 0 Å². The third kappa shape index (κ3) is 64.9. The Hall–Kier alpha value is -1.85. The average molecular weight is 1090 g/mol. The number of carbonyl (C=O) groups excluding carboxylic acids is 3. The van der Waals surface area contributed by atoms with E-state index in [1.165, 1.54) is 302 Å². The minimum atomic E-state index is -0.770. The molecule has 6 nitrogen and oxygen atoms in total. The molecule has 0 N–H and O–H groups in total. The molecule has 0 fully saturated rings. The SMILES string of the molecule is CCCCCCCCC/C=C\CCCCCCCC(=O)OCC(COC(=O)CCCCCCCCCCCCCCCCCCCCCCCCCC)OC(=O)CCCCCCCCCCCCCCCCCCCCC. The van der Waals surface area contributed by atoms with E-state index < -0.39 is 6.10 Å². The van der Waals surface area contributed by atoms with Gasteiger partial charge in [-0.05, 0) is 44.9 Å². The van der Waals surface area contributed by atoms with E-state index in [4.69, 9.17) is 14.2 Å². The molecule has 0 saturated heterocycles. The van der Waals surface area contributed by atoms with Crippen molar-refractivity contribution in [3.8, 4) is 0 Å². The van der Waals surface area contributed by atoms with Crippen LogP contribution in [0.4, 0.5) is 0 Å². The molecule has 1 unspecified atom stereocenters. The fourth-order valence-corrected chi connectivity index (χ4v) is 11.0. The van der Waals surface area contributed by atoms with Crippen molar-refractivity contribution in [1.82, 2.24) is 0 Å². The summed E-state index contributed by atoms with van der Waals surface area (Å²) in [5.41, 5.74) is 0. The average Bonchev–Trinajstić information content (AvgIpc) is 3.43. The number of esters is 3. The number of hydrogen-bond donors (Lipinski definition) is 0. The highest BCUT2D eigenvalue weighted by Gasteiger charge is 2.19. The molecular formula is C71H136O6. The van der Waals surface area contributed by atoms with Gasteiger partial charge in [-0.15, -0.1) is 0 Å². The highest BCUT2D eigenvalue weighted by molar-refractivity contribution is 5.71. The number of ether oxygens (including phenoxy) is 3. The van der Waals surface area contributed by atoms with E-state index in [0.29, 0.717) is 19.3 Å². The molecule has 0 aliphatic carbocycles. The quantitative estimate of drug-likeness (QED) is 0.0261. The van der Waals surface area contributed by atoms with Crippen molar-refractivity contribution in [2.75, 3.05) is 13.2 Å². The summed E-state index contributed by atoms with van der Waals surface area (Å²) in [5.74, 6) is -0.838. The van der Waals surface area contributed by atoms with Crippen molar-refractivity contribution in [2.45, 2.75) is 412 Å². The molecule has 1 atom stereocenters. The summed E-state index contributed by atoms with van der Waals surface area (Å²) < 4.78 is 17.0. The molecule has 0 spiro atoms. The van der Waals surface area contributed by atoms with E-state index in [1.54, 1.807) is 0 Å². The van der Waals surface area contributed by atoms with Gasteiger partial charge in [-0.2, -0.15) is 0 Å². The number of carbonyl (C=O) groups is 3. The largest absolute Gasteiger partial charge is 0.462 e. The summed E-state index contributed by atoms with van der Waals surface area (Å²) >= 11 is 0. The van der Waals surface area contributed by atoms with Crippen LogP contribution in [0.5, 0.6) is 0 Å². The van der Waals surface area contributed by atoms with Gasteiger partial charge >= 0.3 is 17.9 Å². The first kappa shape index (κ1) is 75.2. The Morgan fingerprint density at radius 3 is 0.649 bits per heavy atom. The molecule has 0 saturated carbocycles. The molecule has 0 bridgehead atoms. The van der Waals surface area contributed by atoms with Crippen LogP contribution in [-0.4, -0.2) is 37.2 Å². The van der Waals surface area contributed by atoms with Gasteiger partial charge in [0.05, 0.1) is 0 Å². The van der Waals surface area contributed by atoms with E-state index in [-0.39, 0.29) is 31.1 Å². The molecule has 0 radical (unpaired) electrons. The Morgan fingerprint density at radius 2 is 0.429 bits per heavy atom. The second-order valence-electron chi connectivity index (χ2n) is 24.2. The predicted octanol–water partition coefficient (Wildman–Crippen LogP) is 24.0. The van der Waals surface area contributed by atoms with Crippen molar-refractivity contribution < 1.29 is 28.6 Å². The Labute approximate surface area is 481 Å². The molecule has 0 aromatic rings. The van der Waals surface area contributed by atoms with Crippen LogP contribution < -0.4 is 0 Å². The fraction of sp³-hybridized carbons (Fsp3) is 0.930. The number of unbranched alkanes of at least 4 members (excludes halogenated alkanes) is 53. The fourth-order valence-electron chi connectivity index (χ4n) is 11.0. The summed E-state index contributed by atoms with van der Waals surface area (Å²) in [6.07, 6.45) is 79.5. The lowest BCUT2D eigenvalue weighted by Crippen LogP contribution is -2.30. The minimum Gasteiger partial charge on any atom is -0.462 e. The molecule has 0 heterocycles. The van der Waals surface area contributed by atoms with Crippen LogP contribution in [-0.2, 0) is 28.6 Å². The van der Waals surface area contributed by atoms with Crippen LogP contribution in [0.1, 0.15) is 406 Å². The summed E-state index contributed by atoms with van der Waals surface area (Å²) in [4.78, 5) is 38.4. The van der Waals surface area contributed by atoms with E-state index in [0.717, 1.165) is 64.2 Å². The van der Waals surface area contributed by atoms with Gasteiger partial charge in [-0.25, -0.2) is 0 Å². The molecule has 0 aromatic heterocycles. The van der Waals surface area contributed by atoms with Crippen LogP contribution in [0, 0.1) is 0 Å². The van der Waals surface area contributed by atoms with Gasteiger partial charge in [-0.3, -0.25) is 14.4 Å². The zero-order valence-corrected chi connectivity index (χ0v) is 52.5. The van der Waals surface area contributed by atoms with Crippen molar-refractivity contribution in [1.29, 1.82) is 0 Å². The van der Waals surface area contributed by atoms with Crippen molar-refractivity contribution >= 4 is 17.9 Å². The Kier molecular flexibility index (Phi) is 65.1. The van der Waals surface area contributed by atoms with Gasteiger partial charge in [-0.1, -0.05) is 354 Å². The summed E-state index contributed by atoms with van der Waals surface area (Å²) in [7, 11) is 0. The topological polar surface area (TPSA) is 78.9 Å². The molecule has 0 amide bonds. The smallest absolute Gasteiger partial charge is 0.306 e. The second kappa shape index (κ2) is 66.7. The summed E-state index contributed by atoms with van der Waals surface area (Å²) in [6, 6.07) is 0. The highest BCUT2D eigenvalue weighted by Crippen LogP contribution is 2.19. The summed E-state index contributed by atoms with van der Waals surface area (Å²) in [5, 5.41) is 0. The lowest BCUT2D eigenvalue weighted by atomic mass is 10.0. The van der Waals surface area contributed by atoms with Crippen molar-refractivity contribution in [2.24, 2.45) is 0 Å². The first-order valence-corrected chi connectivity index (χ1v) is 35.2. The third-order valence-electron chi connectivity index (χ3n) is 16.3. The zero-order chi connectivity index (χ0) is 55.7. The normalized spacial score (nSPS) is 12.0. The van der Waals surface area contributed by atoms with Crippen molar-refractivity contribution in [3.05, 3.63) is 12.2 Å². The van der Waals surface area contributed by atoms with Crippen LogP contribution in [0.25, 0.3) is 0 Å². The first-order valence-electron chi connectivity index (χ1n) is 35.2. The predicted molar refractivity (Wildman–Crippen MR) is 335 cm³/mol. The standard InChI is InChI=1S/C71H136O6/c1-4-7-10-13-16-19-22-25-28-31-33-34-35-36-37-39-40-43-46-49-52-55-58-61-64-70(73)76-67-68(66-75-69(72)63-60-57-54-51-48-45-42-30-27-24-21-18-15-12-9-6-3)77-71(74)65-62-59-56-53-50-47-44-41-38-32-29-26-23-20-17-14-11-8-5-2/h30,42,68H,4-29,31-41,43-67H2,1-3H3/b42-30-. The molecule has 77 heavy (non-hydrogen) atoms. The number of hydrogen-bond acceptors (Lipinski definition) is 6. The minimum absolute atomic E-state index is 0.0655. The van der Waals surface area contributed by atoms with Gasteiger partial charge in [0.15, 0.2) is 6.10 Å². The van der Waals surface area contributed by atoms with Crippen molar-refractivity contribution in [3.63, 3.8) is 0 Å². The van der Waals surface area contributed by atoms with Gasteiger partial charge in [0.1, 0.15) is 13.2 Å². The molecule has 0 rings (SSSR count). The maximum absolute atomic E-state index is 12.9. The van der Waals surface area contributed by atoms with E-state index in [2.05, 4.69) is 32.9 Å². The van der Waals surface area contributed by atoms with E-state index in [1.807, 2.05) is 0 Å². The molecule has 6 heteroatoms. The summed E-state index contributed by atoms with van der Waals surface area (Å²) in [6.45, 7) is 6.73. The Bertz CT molecular complexity index is 1200. The lowest BCUT2D eigenvalue weighted by Gasteiger charge is -2.18. The van der Waals surface area contributed by atoms with Gasteiger partial charge < -0.3 is 14.2 Å². The molecule has 0 aliphatic heterocycles.